The molecule has 1 amide bonds. The van der Waals surface area contributed by atoms with Gasteiger partial charge in [0.1, 0.15) is 42.7 Å². The summed E-state index contributed by atoms with van der Waals surface area (Å²) < 4.78 is 9.94. The summed E-state index contributed by atoms with van der Waals surface area (Å²) in [5.41, 5.74) is 4.74. The van der Waals surface area contributed by atoms with E-state index in [0.29, 0.717) is 0 Å². The van der Waals surface area contributed by atoms with Crippen molar-refractivity contribution in [3.63, 3.8) is 0 Å². The molecule has 1 rings (SSSR count). The predicted octanol–water partition coefficient (Wildman–Crippen LogP) is -6.27. The van der Waals surface area contributed by atoms with Crippen LogP contribution in [-0.4, -0.2) is 115 Å². The van der Waals surface area contributed by atoms with Crippen LogP contribution >= 0.6 is 0 Å². The Hall–Kier alpha value is -0.930. The third-order valence-corrected chi connectivity index (χ3v) is 3.64. The molecule has 0 unspecified atom stereocenters. The number of hydrogen-bond acceptors (Lipinski definition) is 11. The minimum Gasteiger partial charge on any atom is -0.394 e. The highest BCUT2D eigenvalue weighted by Crippen LogP contribution is 2.22. The van der Waals surface area contributed by atoms with Crippen molar-refractivity contribution in [1.29, 1.82) is 0 Å². The van der Waals surface area contributed by atoms with Crippen LogP contribution < -0.4 is 5.73 Å². The number of aliphatic hydroxyl groups excluding tert-OH is 8. The molecule has 9 atom stereocenters. The molecule has 0 radical (unpaired) electrons. The summed E-state index contributed by atoms with van der Waals surface area (Å²) in [6.07, 6.45) is -15.8. The van der Waals surface area contributed by atoms with Crippen LogP contribution in [0.15, 0.2) is 0 Å². The van der Waals surface area contributed by atoms with Crippen LogP contribution in [0.1, 0.15) is 0 Å². The summed E-state index contributed by atoms with van der Waals surface area (Å²) in [7, 11) is 0. The molecule has 1 fully saturated rings. The Morgan fingerprint density at radius 1 is 1.04 bits per heavy atom. The number of primary amides is 1. The molecule has 0 spiro atoms. The van der Waals surface area contributed by atoms with Crippen LogP contribution in [-0.2, 0) is 14.3 Å². The molecule has 0 aliphatic carbocycles. The van der Waals surface area contributed by atoms with E-state index in [0.717, 1.165) is 0 Å². The van der Waals surface area contributed by atoms with Crippen molar-refractivity contribution in [3.05, 3.63) is 0 Å². The maximum atomic E-state index is 10.7. The SMILES string of the molecule is NC(=O)[C@H](O)[C@@H](O)[C@H](O)[C@H](O)CO[C@H]1O[C@H](CO)[C@@H](O)[C@H](O)[C@@H]1O. The first-order valence-electron chi connectivity index (χ1n) is 7.05. The van der Waals surface area contributed by atoms with E-state index in [4.69, 9.17) is 20.3 Å². The first kappa shape index (κ1) is 21.1. The van der Waals surface area contributed by atoms with Gasteiger partial charge < -0.3 is 56.1 Å². The van der Waals surface area contributed by atoms with Gasteiger partial charge in [-0.25, -0.2) is 0 Å². The molecule has 0 bridgehead atoms. The number of hydrogen-bond donors (Lipinski definition) is 9. The highest BCUT2D eigenvalue weighted by molar-refractivity contribution is 5.79. The van der Waals surface area contributed by atoms with Gasteiger partial charge in [-0.2, -0.15) is 0 Å². The number of carbonyl (C=O) groups excluding carboxylic acids is 1. The van der Waals surface area contributed by atoms with E-state index in [1.54, 1.807) is 0 Å². The highest BCUT2D eigenvalue weighted by atomic mass is 16.7. The van der Waals surface area contributed by atoms with Crippen molar-refractivity contribution in [1.82, 2.24) is 0 Å². The van der Waals surface area contributed by atoms with E-state index in [1.807, 2.05) is 0 Å². The summed E-state index contributed by atoms with van der Waals surface area (Å²) in [6, 6.07) is 0. The fourth-order valence-corrected chi connectivity index (χ4v) is 2.08. The average molecular weight is 357 g/mol. The van der Waals surface area contributed by atoms with Crippen molar-refractivity contribution in [2.45, 2.75) is 55.1 Å². The van der Waals surface area contributed by atoms with Gasteiger partial charge in [-0.1, -0.05) is 0 Å². The molecule has 12 heteroatoms. The number of carbonyl (C=O) groups is 1. The normalized spacial score (nSPS) is 35.9. The van der Waals surface area contributed by atoms with Gasteiger partial charge in [-0.05, 0) is 0 Å². The summed E-state index contributed by atoms with van der Waals surface area (Å²) in [6.45, 7) is -1.42. The predicted molar refractivity (Wildman–Crippen MR) is 72.9 cm³/mol. The lowest BCUT2D eigenvalue weighted by molar-refractivity contribution is -0.306. The van der Waals surface area contributed by atoms with Gasteiger partial charge in [0.2, 0.25) is 5.91 Å². The Morgan fingerprint density at radius 3 is 2.12 bits per heavy atom. The first-order valence-corrected chi connectivity index (χ1v) is 7.05. The van der Waals surface area contributed by atoms with Crippen molar-refractivity contribution in [3.8, 4) is 0 Å². The standard InChI is InChI=1S/C12H23NO11/c13-11(22)9(20)7(18)5(16)3(15)2-23-12-10(21)8(19)6(17)4(1-14)24-12/h3-10,12,14-21H,1-2H2,(H2,13,22)/t3-,4-,5-,6-,7+,8+,9-,10+,12+/m1/s1. The minimum absolute atomic E-state index is 0.681. The summed E-state index contributed by atoms with van der Waals surface area (Å²) in [5.74, 6) is -1.32. The lowest BCUT2D eigenvalue weighted by Gasteiger charge is -2.40. The third-order valence-electron chi connectivity index (χ3n) is 3.64. The van der Waals surface area contributed by atoms with Crippen LogP contribution in [0.3, 0.4) is 0 Å². The van der Waals surface area contributed by atoms with Gasteiger partial charge >= 0.3 is 0 Å². The summed E-state index contributed by atoms with van der Waals surface area (Å²) in [4.78, 5) is 10.7. The second kappa shape index (κ2) is 8.96. The van der Waals surface area contributed by atoms with Crippen LogP contribution in [0.4, 0.5) is 0 Å². The maximum Gasteiger partial charge on any atom is 0.249 e. The number of ether oxygens (including phenoxy) is 2. The van der Waals surface area contributed by atoms with Crippen molar-refractivity contribution < 1.29 is 55.1 Å². The highest BCUT2D eigenvalue weighted by Gasteiger charge is 2.44. The molecule has 0 aromatic carbocycles. The zero-order valence-corrected chi connectivity index (χ0v) is 12.5. The molecule has 0 aromatic rings. The Morgan fingerprint density at radius 2 is 1.62 bits per heavy atom. The molecule has 1 heterocycles. The quantitative estimate of drug-likeness (QED) is 0.198. The Balaban J connectivity index is 2.59. The fourth-order valence-electron chi connectivity index (χ4n) is 2.08. The van der Waals surface area contributed by atoms with E-state index in [-0.39, 0.29) is 0 Å². The number of nitrogens with two attached hydrogens (primary N) is 1. The van der Waals surface area contributed by atoms with E-state index in [2.05, 4.69) is 0 Å². The first-order chi connectivity index (χ1) is 11.1. The summed E-state index contributed by atoms with van der Waals surface area (Å²) >= 11 is 0. The minimum atomic E-state index is -2.12. The summed E-state index contributed by atoms with van der Waals surface area (Å²) in [5, 5.41) is 75.8. The molecule has 0 aromatic heterocycles. The van der Waals surface area contributed by atoms with Crippen molar-refractivity contribution in [2.75, 3.05) is 13.2 Å². The Labute approximate surface area is 136 Å². The zero-order chi connectivity index (χ0) is 18.6. The molecule has 142 valence electrons. The van der Waals surface area contributed by atoms with E-state index in [9.17, 15) is 40.5 Å². The average Bonchev–Trinajstić information content (AvgIpc) is 2.56. The Kier molecular flexibility index (Phi) is 7.88. The van der Waals surface area contributed by atoms with Gasteiger partial charge in [0, 0.05) is 0 Å². The van der Waals surface area contributed by atoms with Gasteiger partial charge in [0.05, 0.1) is 13.2 Å². The molecule has 0 saturated carbocycles. The van der Waals surface area contributed by atoms with E-state index < -0.39 is 74.2 Å². The molecule has 12 nitrogen and oxygen atoms in total. The van der Waals surface area contributed by atoms with Crippen LogP contribution in [0, 0.1) is 0 Å². The van der Waals surface area contributed by atoms with Crippen molar-refractivity contribution in [2.24, 2.45) is 5.73 Å². The maximum absolute atomic E-state index is 10.7. The second-order valence-corrected chi connectivity index (χ2v) is 5.43. The number of amides is 1. The molecule has 1 aliphatic heterocycles. The topological polar surface area (TPSA) is 223 Å². The number of aliphatic hydroxyl groups is 8. The molecule has 24 heavy (non-hydrogen) atoms. The largest absolute Gasteiger partial charge is 0.394 e. The molecular weight excluding hydrogens is 334 g/mol. The second-order valence-electron chi connectivity index (χ2n) is 5.43. The van der Waals surface area contributed by atoms with Crippen molar-refractivity contribution >= 4 is 5.91 Å². The molecule has 1 saturated heterocycles. The van der Waals surface area contributed by atoms with Crippen LogP contribution in [0.2, 0.25) is 0 Å². The van der Waals surface area contributed by atoms with Gasteiger partial charge in [0.25, 0.3) is 0 Å². The lowest BCUT2D eigenvalue weighted by atomic mass is 9.99. The van der Waals surface area contributed by atoms with Gasteiger partial charge in [0.15, 0.2) is 12.4 Å². The van der Waals surface area contributed by atoms with Gasteiger partial charge in [-0.3, -0.25) is 4.79 Å². The fraction of sp³-hybridized carbons (Fsp3) is 0.917. The monoisotopic (exact) mass is 357 g/mol. The molecular formula is C12H23NO11. The third kappa shape index (κ3) is 4.80. The molecule has 1 aliphatic rings. The lowest BCUT2D eigenvalue weighted by Crippen LogP contribution is -2.59. The smallest absolute Gasteiger partial charge is 0.249 e. The number of rotatable bonds is 8. The van der Waals surface area contributed by atoms with Crippen LogP contribution in [0.25, 0.3) is 0 Å². The van der Waals surface area contributed by atoms with E-state index >= 15 is 0 Å². The zero-order valence-electron chi connectivity index (χ0n) is 12.5. The van der Waals surface area contributed by atoms with Crippen LogP contribution in [0.5, 0.6) is 0 Å². The molecule has 10 N–H and O–H groups in total. The Bertz CT molecular complexity index is 408. The van der Waals surface area contributed by atoms with E-state index in [1.165, 1.54) is 0 Å². The van der Waals surface area contributed by atoms with Gasteiger partial charge in [-0.15, -0.1) is 0 Å².